The summed E-state index contributed by atoms with van der Waals surface area (Å²) in [6.45, 7) is 3.45. The first kappa shape index (κ1) is 19.5. The van der Waals surface area contributed by atoms with Crippen molar-refractivity contribution >= 4 is 12.2 Å². The highest BCUT2D eigenvalue weighted by molar-refractivity contribution is 5.81. The minimum atomic E-state index is -4.66. The van der Waals surface area contributed by atoms with E-state index in [4.69, 9.17) is 0 Å². The SMILES string of the molecule is Cc1ccc(-c2cc(C(F)(F)F)nc(N/N=C\c3c(C)nn(C)c3F)n2)cc1. The summed E-state index contributed by atoms with van der Waals surface area (Å²) in [5.74, 6) is -0.975. The molecule has 0 aliphatic heterocycles. The molecule has 3 aromatic rings. The quantitative estimate of drug-likeness (QED) is 0.412. The molecule has 0 spiro atoms. The van der Waals surface area contributed by atoms with Gasteiger partial charge in [-0.25, -0.2) is 20.1 Å². The molecule has 0 saturated heterocycles. The summed E-state index contributed by atoms with van der Waals surface area (Å²) >= 11 is 0. The van der Waals surface area contributed by atoms with Gasteiger partial charge in [-0.05, 0) is 19.9 Å². The molecular weight excluding hydrogens is 376 g/mol. The topological polar surface area (TPSA) is 68.0 Å². The maximum atomic E-state index is 13.9. The van der Waals surface area contributed by atoms with Gasteiger partial charge in [0.25, 0.3) is 0 Å². The second-order valence-electron chi connectivity index (χ2n) is 6.11. The molecule has 6 nitrogen and oxygen atoms in total. The molecule has 10 heteroatoms. The second kappa shape index (κ2) is 7.37. The molecule has 146 valence electrons. The molecule has 0 amide bonds. The zero-order valence-corrected chi connectivity index (χ0v) is 15.2. The number of alkyl halides is 3. The summed E-state index contributed by atoms with van der Waals surface area (Å²) < 4.78 is 54.5. The van der Waals surface area contributed by atoms with Crippen LogP contribution >= 0.6 is 0 Å². The molecular formula is C18H16F4N6. The van der Waals surface area contributed by atoms with Gasteiger partial charge in [0.1, 0.15) is 0 Å². The predicted molar refractivity (Wildman–Crippen MR) is 96.3 cm³/mol. The fraction of sp³-hybridized carbons (Fsp3) is 0.222. The molecule has 0 atom stereocenters. The molecule has 28 heavy (non-hydrogen) atoms. The monoisotopic (exact) mass is 392 g/mol. The van der Waals surface area contributed by atoms with Crippen molar-refractivity contribution in [2.45, 2.75) is 20.0 Å². The van der Waals surface area contributed by atoms with Crippen molar-refractivity contribution in [1.82, 2.24) is 19.7 Å². The number of hydrazone groups is 1. The number of hydrogen-bond donors (Lipinski definition) is 1. The largest absolute Gasteiger partial charge is 0.433 e. The Morgan fingerprint density at radius 2 is 1.79 bits per heavy atom. The van der Waals surface area contributed by atoms with Crippen LogP contribution in [-0.2, 0) is 13.2 Å². The van der Waals surface area contributed by atoms with E-state index in [-0.39, 0.29) is 17.2 Å². The summed E-state index contributed by atoms with van der Waals surface area (Å²) in [4.78, 5) is 7.53. The smallest absolute Gasteiger partial charge is 0.245 e. The Kier molecular flexibility index (Phi) is 5.12. The van der Waals surface area contributed by atoms with Gasteiger partial charge in [-0.15, -0.1) is 0 Å². The second-order valence-corrected chi connectivity index (χ2v) is 6.11. The summed E-state index contributed by atoms with van der Waals surface area (Å²) in [6, 6.07) is 7.73. The predicted octanol–water partition coefficient (Wildman–Crippen LogP) is 4.10. The minimum Gasteiger partial charge on any atom is -0.245 e. The van der Waals surface area contributed by atoms with Crippen LogP contribution in [0.25, 0.3) is 11.3 Å². The summed E-state index contributed by atoms with van der Waals surface area (Å²) in [5, 5.41) is 7.64. The van der Waals surface area contributed by atoms with E-state index in [1.54, 1.807) is 31.2 Å². The summed E-state index contributed by atoms with van der Waals surface area (Å²) in [7, 11) is 1.43. The first-order valence-electron chi connectivity index (χ1n) is 8.16. The lowest BCUT2D eigenvalue weighted by Gasteiger charge is -2.10. The van der Waals surface area contributed by atoms with E-state index < -0.39 is 17.8 Å². The van der Waals surface area contributed by atoms with Crippen LogP contribution in [0.4, 0.5) is 23.5 Å². The van der Waals surface area contributed by atoms with E-state index in [2.05, 4.69) is 25.6 Å². The Balaban J connectivity index is 1.94. The van der Waals surface area contributed by atoms with Gasteiger partial charge in [0.2, 0.25) is 11.9 Å². The molecule has 0 aliphatic carbocycles. The number of nitrogens with one attached hydrogen (secondary N) is 1. The van der Waals surface area contributed by atoms with Gasteiger partial charge in [0.05, 0.1) is 23.2 Å². The van der Waals surface area contributed by atoms with E-state index in [1.807, 2.05) is 6.92 Å². The van der Waals surface area contributed by atoms with Gasteiger partial charge in [-0.3, -0.25) is 0 Å². The zero-order valence-electron chi connectivity index (χ0n) is 15.2. The van der Waals surface area contributed by atoms with Crippen molar-refractivity contribution in [1.29, 1.82) is 0 Å². The average Bonchev–Trinajstić information content (AvgIpc) is 2.87. The van der Waals surface area contributed by atoms with Crippen LogP contribution < -0.4 is 5.43 Å². The molecule has 2 heterocycles. The number of hydrogen-bond acceptors (Lipinski definition) is 5. The summed E-state index contributed by atoms with van der Waals surface area (Å²) in [6.07, 6.45) is -3.54. The Bertz CT molecular complexity index is 1020. The minimum absolute atomic E-state index is 0.0868. The Labute approximate surface area is 157 Å². The fourth-order valence-electron chi connectivity index (χ4n) is 2.46. The van der Waals surface area contributed by atoms with Gasteiger partial charge in [0, 0.05) is 12.6 Å². The van der Waals surface area contributed by atoms with Gasteiger partial charge in [-0.2, -0.15) is 27.8 Å². The first-order valence-corrected chi connectivity index (χ1v) is 8.16. The van der Waals surface area contributed by atoms with Gasteiger partial charge >= 0.3 is 6.18 Å². The lowest BCUT2D eigenvalue weighted by molar-refractivity contribution is -0.141. The number of nitrogens with zero attached hydrogens (tertiary/aromatic N) is 5. The lowest BCUT2D eigenvalue weighted by atomic mass is 10.1. The van der Waals surface area contributed by atoms with Crippen molar-refractivity contribution in [3.05, 3.63) is 58.8 Å². The molecule has 0 bridgehead atoms. The van der Waals surface area contributed by atoms with Crippen LogP contribution in [0, 0.1) is 19.8 Å². The molecule has 0 radical (unpaired) electrons. The zero-order chi connectivity index (χ0) is 20.5. The number of aromatic nitrogens is 4. The molecule has 0 unspecified atom stereocenters. The lowest BCUT2D eigenvalue weighted by Crippen LogP contribution is -2.11. The fourth-order valence-corrected chi connectivity index (χ4v) is 2.46. The van der Waals surface area contributed by atoms with E-state index in [0.29, 0.717) is 11.3 Å². The highest BCUT2D eigenvalue weighted by Crippen LogP contribution is 2.31. The number of aryl methyl sites for hydroxylation is 3. The number of rotatable bonds is 4. The highest BCUT2D eigenvalue weighted by atomic mass is 19.4. The maximum absolute atomic E-state index is 13.9. The standard InChI is InChI=1S/C18H16F4N6/c1-10-4-6-12(7-5-10)14-8-15(18(20,21)22)25-17(24-14)26-23-9-13-11(2)27-28(3)16(13)19/h4-9H,1-3H3,(H,24,25,26)/b23-9-. The Hall–Kier alpha value is -3.30. The van der Waals surface area contributed by atoms with Crippen LogP contribution in [-0.4, -0.2) is 26.0 Å². The molecule has 0 fully saturated rings. The highest BCUT2D eigenvalue weighted by Gasteiger charge is 2.33. The average molecular weight is 392 g/mol. The molecule has 1 aromatic carbocycles. The molecule has 2 aromatic heterocycles. The van der Waals surface area contributed by atoms with Crippen molar-refractivity contribution < 1.29 is 17.6 Å². The van der Waals surface area contributed by atoms with E-state index in [0.717, 1.165) is 22.5 Å². The Morgan fingerprint density at radius 1 is 1.11 bits per heavy atom. The molecule has 1 N–H and O–H groups in total. The van der Waals surface area contributed by atoms with Gasteiger partial charge < -0.3 is 0 Å². The van der Waals surface area contributed by atoms with Crippen molar-refractivity contribution in [3.63, 3.8) is 0 Å². The first-order chi connectivity index (χ1) is 13.1. The van der Waals surface area contributed by atoms with Crippen LogP contribution in [0.15, 0.2) is 35.4 Å². The Morgan fingerprint density at radius 3 is 2.36 bits per heavy atom. The van der Waals surface area contributed by atoms with E-state index >= 15 is 0 Å². The third-order valence-corrected chi connectivity index (χ3v) is 3.92. The van der Waals surface area contributed by atoms with Crippen LogP contribution in [0.3, 0.4) is 0 Å². The summed E-state index contributed by atoms with van der Waals surface area (Å²) in [5.41, 5.74) is 3.27. The van der Waals surface area contributed by atoms with Crippen LogP contribution in [0.1, 0.15) is 22.5 Å². The van der Waals surface area contributed by atoms with Crippen molar-refractivity contribution in [3.8, 4) is 11.3 Å². The maximum Gasteiger partial charge on any atom is 0.433 e. The number of halogens is 4. The number of benzene rings is 1. The third-order valence-electron chi connectivity index (χ3n) is 3.92. The third kappa shape index (κ3) is 4.16. The van der Waals surface area contributed by atoms with Crippen molar-refractivity contribution in [2.75, 3.05) is 5.43 Å². The molecule has 0 aliphatic rings. The van der Waals surface area contributed by atoms with Crippen LogP contribution in [0.2, 0.25) is 0 Å². The molecule has 0 saturated carbocycles. The van der Waals surface area contributed by atoms with Gasteiger partial charge in [0.15, 0.2) is 5.69 Å². The van der Waals surface area contributed by atoms with Crippen LogP contribution in [0.5, 0.6) is 0 Å². The number of anilines is 1. The van der Waals surface area contributed by atoms with Gasteiger partial charge in [-0.1, -0.05) is 29.8 Å². The molecule has 3 rings (SSSR count). The van der Waals surface area contributed by atoms with E-state index in [1.165, 1.54) is 7.05 Å². The van der Waals surface area contributed by atoms with E-state index in [9.17, 15) is 17.6 Å². The van der Waals surface area contributed by atoms with Crippen molar-refractivity contribution in [2.24, 2.45) is 12.1 Å². The normalized spacial score (nSPS) is 12.0.